The van der Waals surface area contributed by atoms with E-state index in [0.29, 0.717) is 5.92 Å². The highest BCUT2D eigenvalue weighted by Gasteiger charge is 2.27. The number of hydrogen-bond donors (Lipinski definition) is 0. The Hall–Kier alpha value is -1.20. The smallest absolute Gasteiger partial charge is 0.225 e. The summed E-state index contributed by atoms with van der Waals surface area (Å²) in [5.41, 5.74) is 1.09. The summed E-state index contributed by atoms with van der Waals surface area (Å²) in [6.45, 7) is 3.91. The summed E-state index contributed by atoms with van der Waals surface area (Å²) < 4.78 is 10.6. The van der Waals surface area contributed by atoms with Gasteiger partial charge in [-0.25, -0.2) is 9.97 Å². The van der Waals surface area contributed by atoms with Crippen LogP contribution in [0.5, 0.6) is 0 Å². The molecule has 1 aromatic rings. The number of methoxy groups -OCH3 is 2. The van der Waals surface area contributed by atoms with Crippen LogP contribution in [0.15, 0.2) is 12.4 Å². The summed E-state index contributed by atoms with van der Waals surface area (Å²) in [4.78, 5) is 10.9. The summed E-state index contributed by atoms with van der Waals surface area (Å²) in [5, 5.41) is 0. The van der Waals surface area contributed by atoms with E-state index in [4.69, 9.17) is 9.47 Å². The van der Waals surface area contributed by atoms with Gasteiger partial charge in [0, 0.05) is 45.6 Å². The molecule has 1 fully saturated rings. The molecule has 0 saturated carbocycles. The first-order chi connectivity index (χ1) is 8.74. The lowest BCUT2D eigenvalue weighted by molar-refractivity contribution is -0.141. The molecule has 5 nitrogen and oxygen atoms in total. The SMILES string of the molecule is COC(OC)C1CCN(c2ncc(C)cn2)CC1. The minimum atomic E-state index is -0.0916. The molecule has 100 valence electrons. The molecule has 0 bridgehead atoms. The van der Waals surface area contributed by atoms with Crippen LogP contribution < -0.4 is 4.90 Å². The Bertz CT molecular complexity index is 357. The third-order valence-corrected chi connectivity index (χ3v) is 3.44. The Morgan fingerprint density at radius 1 is 1.17 bits per heavy atom. The highest BCUT2D eigenvalue weighted by atomic mass is 16.7. The van der Waals surface area contributed by atoms with E-state index < -0.39 is 0 Å². The third kappa shape index (κ3) is 2.97. The first kappa shape index (κ1) is 13.2. The zero-order chi connectivity index (χ0) is 13.0. The van der Waals surface area contributed by atoms with Crippen molar-refractivity contribution >= 4 is 5.95 Å². The van der Waals surface area contributed by atoms with Crippen LogP contribution in [0.4, 0.5) is 5.95 Å². The lowest BCUT2D eigenvalue weighted by Gasteiger charge is -2.34. The van der Waals surface area contributed by atoms with Gasteiger partial charge in [-0.05, 0) is 25.3 Å². The maximum atomic E-state index is 5.32. The number of piperidine rings is 1. The Morgan fingerprint density at radius 3 is 2.22 bits per heavy atom. The largest absolute Gasteiger partial charge is 0.356 e. The van der Waals surface area contributed by atoms with E-state index in [1.807, 2.05) is 19.3 Å². The van der Waals surface area contributed by atoms with E-state index in [0.717, 1.165) is 37.4 Å². The van der Waals surface area contributed by atoms with Crippen LogP contribution in [0, 0.1) is 12.8 Å². The number of hydrogen-bond acceptors (Lipinski definition) is 5. The minimum Gasteiger partial charge on any atom is -0.356 e. The van der Waals surface area contributed by atoms with Crippen LogP contribution in [-0.2, 0) is 9.47 Å². The molecular formula is C13H21N3O2. The van der Waals surface area contributed by atoms with E-state index in [2.05, 4.69) is 14.9 Å². The van der Waals surface area contributed by atoms with Crippen molar-refractivity contribution in [2.24, 2.45) is 5.92 Å². The second-order valence-corrected chi connectivity index (χ2v) is 4.72. The number of aromatic nitrogens is 2. The van der Waals surface area contributed by atoms with Crippen molar-refractivity contribution in [2.75, 3.05) is 32.2 Å². The van der Waals surface area contributed by atoms with Crippen LogP contribution in [-0.4, -0.2) is 43.6 Å². The van der Waals surface area contributed by atoms with Crippen LogP contribution in [0.1, 0.15) is 18.4 Å². The highest BCUT2D eigenvalue weighted by Crippen LogP contribution is 2.24. The van der Waals surface area contributed by atoms with Crippen molar-refractivity contribution in [3.8, 4) is 0 Å². The van der Waals surface area contributed by atoms with E-state index in [9.17, 15) is 0 Å². The minimum absolute atomic E-state index is 0.0916. The predicted octanol–water partition coefficient (Wildman–Crippen LogP) is 1.62. The van der Waals surface area contributed by atoms with Crippen molar-refractivity contribution < 1.29 is 9.47 Å². The van der Waals surface area contributed by atoms with Crippen LogP contribution in [0.2, 0.25) is 0 Å². The number of rotatable bonds is 4. The van der Waals surface area contributed by atoms with Crippen molar-refractivity contribution in [3.05, 3.63) is 18.0 Å². The maximum Gasteiger partial charge on any atom is 0.225 e. The fourth-order valence-electron chi connectivity index (χ4n) is 2.40. The molecule has 18 heavy (non-hydrogen) atoms. The van der Waals surface area contributed by atoms with Crippen molar-refractivity contribution in [1.29, 1.82) is 0 Å². The van der Waals surface area contributed by atoms with Crippen molar-refractivity contribution in [2.45, 2.75) is 26.1 Å². The zero-order valence-corrected chi connectivity index (χ0v) is 11.3. The molecule has 0 radical (unpaired) electrons. The molecule has 0 N–H and O–H groups in total. The Kier molecular flexibility index (Phi) is 4.49. The average Bonchev–Trinajstić information content (AvgIpc) is 2.42. The fraction of sp³-hybridized carbons (Fsp3) is 0.692. The molecule has 0 atom stereocenters. The molecule has 0 spiro atoms. The van der Waals surface area contributed by atoms with Crippen LogP contribution in [0.3, 0.4) is 0 Å². The van der Waals surface area contributed by atoms with Gasteiger partial charge in [0.15, 0.2) is 6.29 Å². The van der Waals surface area contributed by atoms with E-state index >= 15 is 0 Å². The molecule has 0 unspecified atom stereocenters. The maximum absolute atomic E-state index is 5.32. The summed E-state index contributed by atoms with van der Waals surface area (Å²) in [6.07, 6.45) is 5.72. The lowest BCUT2D eigenvalue weighted by atomic mass is 9.96. The summed E-state index contributed by atoms with van der Waals surface area (Å²) >= 11 is 0. The van der Waals surface area contributed by atoms with Gasteiger partial charge in [0.25, 0.3) is 0 Å². The molecule has 1 saturated heterocycles. The fourth-order valence-corrected chi connectivity index (χ4v) is 2.40. The molecular weight excluding hydrogens is 230 g/mol. The number of anilines is 1. The van der Waals surface area contributed by atoms with Crippen LogP contribution >= 0.6 is 0 Å². The van der Waals surface area contributed by atoms with Gasteiger partial charge in [-0.1, -0.05) is 0 Å². The predicted molar refractivity (Wildman–Crippen MR) is 69.5 cm³/mol. The van der Waals surface area contributed by atoms with Gasteiger partial charge >= 0.3 is 0 Å². The molecule has 1 aromatic heterocycles. The number of ether oxygens (including phenoxy) is 2. The normalized spacial score (nSPS) is 17.4. The van der Waals surface area contributed by atoms with Crippen LogP contribution in [0.25, 0.3) is 0 Å². The molecule has 0 aliphatic carbocycles. The molecule has 1 aliphatic heterocycles. The molecule has 0 aromatic carbocycles. The van der Waals surface area contributed by atoms with E-state index in [-0.39, 0.29) is 6.29 Å². The van der Waals surface area contributed by atoms with Gasteiger partial charge < -0.3 is 14.4 Å². The highest BCUT2D eigenvalue weighted by molar-refractivity contribution is 5.30. The van der Waals surface area contributed by atoms with Gasteiger partial charge in [0.2, 0.25) is 5.95 Å². The monoisotopic (exact) mass is 251 g/mol. The first-order valence-corrected chi connectivity index (χ1v) is 6.33. The number of aryl methyl sites for hydroxylation is 1. The Balaban J connectivity index is 1.92. The first-order valence-electron chi connectivity index (χ1n) is 6.33. The van der Waals surface area contributed by atoms with E-state index in [1.54, 1.807) is 14.2 Å². The number of nitrogens with zero attached hydrogens (tertiary/aromatic N) is 3. The van der Waals surface area contributed by atoms with E-state index in [1.165, 1.54) is 0 Å². The topological polar surface area (TPSA) is 47.5 Å². The molecule has 2 heterocycles. The van der Waals surface area contributed by atoms with Gasteiger partial charge in [-0.2, -0.15) is 0 Å². The molecule has 2 rings (SSSR count). The quantitative estimate of drug-likeness (QED) is 0.761. The van der Waals surface area contributed by atoms with Gasteiger partial charge in [-0.3, -0.25) is 0 Å². The van der Waals surface area contributed by atoms with Gasteiger partial charge in [-0.15, -0.1) is 0 Å². The van der Waals surface area contributed by atoms with Crippen molar-refractivity contribution in [1.82, 2.24) is 9.97 Å². The third-order valence-electron chi connectivity index (χ3n) is 3.44. The molecule has 1 aliphatic rings. The molecule has 0 amide bonds. The lowest BCUT2D eigenvalue weighted by Crippen LogP contribution is -2.39. The second kappa shape index (κ2) is 6.11. The second-order valence-electron chi connectivity index (χ2n) is 4.72. The summed E-state index contributed by atoms with van der Waals surface area (Å²) in [5.74, 6) is 1.28. The summed E-state index contributed by atoms with van der Waals surface area (Å²) in [7, 11) is 3.40. The Morgan fingerprint density at radius 2 is 1.72 bits per heavy atom. The zero-order valence-electron chi connectivity index (χ0n) is 11.3. The average molecular weight is 251 g/mol. The molecule has 5 heteroatoms. The summed E-state index contributed by atoms with van der Waals surface area (Å²) in [6, 6.07) is 0. The van der Waals surface area contributed by atoms with Gasteiger partial charge in [0.1, 0.15) is 0 Å². The standard InChI is InChI=1S/C13H21N3O2/c1-10-8-14-13(15-9-10)16-6-4-11(5-7-16)12(17-2)18-3/h8-9,11-12H,4-7H2,1-3H3. The van der Waals surface area contributed by atoms with Crippen molar-refractivity contribution in [3.63, 3.8) is 0 Å². The van der Waals surface area contributed by atoms with Gasteiger partial charge in [0.05, 0.1) is 0 Å². The Labute approximate surface area is 108 Å².